The molecule has 94 valence electrons. The number of anilines is 2. The maximum atomic E-state index is 10.7. The molecular formula is C10H16N4O3. The van der Waals surface area contributed by atoms with Crippen molar-refractivity contribution in [3.8, 4) is 0 Å². The van der Waals surface area contributed by atoms with Gasteiger partial charge in [-0.3, -0.25) is 10.1 Å². The van der Waals surface area contributed by atoms with Crippen molar-refractivity contribution in [2.24, 2.45) is 0 Å². The highest BCUT2D eigenvalue weighted by Gasteiger charge is 2.12. The lowest BCUT2D eigenvalue weighted by molar-refractivity contribution is -0.384. The molecule has 1 rings (SSSR count). The predicted octanol–water partition coefficient (Wildman–Crippen LogP) is 1.41. The second kappa shape index (κ2) is 6.00. The summed E-state index contributed by atoms with van der Waals surface area (Å²) < 4.78 is 5.02. The van der Waals surface area contributed by atoms with Gasteiger partial charge in [0.15, 0.2) is 0 Å². The number of nitrogens with zero attached hydrogens (tertiary/aromatic N) is 2. The summed E-state index contributed by atoms with van der Waals surface area (Å²) in [7, 11) is 1.60. The van der Waals surface area contributed by atoms with Gasteiger partial charge in [0, 0.05) is 7.11 Å². The van der Waals surface area contributed by atoms with Crippen LogP contribution < -0.4 is 11.1 Å². The van der Waals surface area contributed by atoms with Crippen LogP contribution >= 0.6 is 0 Å². The summed E-state index contributed by atoms with van der Waals surface area (Å²) in [5.41, 5.74) is 5.42. The molecule has 0 aliphatic carbocycles. The zero-order valence-corrected chi connectivity index (χ0v) is 9.84. The summed E-state index contributed by atoms with van der Waals surface area (Å²) in [6, 6.07) is 2.63. The van der Waals surface area contributed by atoms with Crippen LogP contribution in [0.5, 0.6) is 0 Å². The van der Waals surface area contributed by atoms with Gasteiger partial charge < -0.3 is 15.8 Å². The first-order chi connectivity index (χ1) is 8.06. The minimum Gasteiger partial charge on any atom is -0.383 e. The highest BCUT2D eigenvalue weighted by Crippen LogP contribution is 2.19. The number of rotatable bonds is 6. The van der Waals surface area contributed by atoms with E-state index in [-0.39, 0.29) is 17.5 Å². The first-order valence-electron chi connectivity index (χ1n) is 5.24. The highest BCUT2D eigenvalue weighted by molar-refractivity contribution is 5.53. The van der Waals surface area contributed by atoms with Crippen molar-refractivity contribution < 1.29 is 9.66 Å². The van der Waals surface area contributed by atoms with Crippen LogP contribution in [0.4, 0.5) is 17.3 Å². The van der Waals surface area contributed by atoms with E-state index >= 15 is 0 Å². The number of nitrogens with one attached hydrogen (secondary N) is 1. The number of hydrogen-bond donors (Lipinski definition) is 2. The molecule has 17 heavy (non-hydrogen) atoms. The number of nitrogens with two attached hydrogens (primary N) is 1. The topological polar surface area (TPSA) is 103 Å². The van der Waals surface area contributed by atoms with Crippen molar-refractivity contribution in [1.82, 2.24) is 4.98 Å². The fourth-order valence-corrected chi connectivity index (χ4v) is 1.39. The number of methoxy groups -OCH3 is 1. The third-order valence-electron chi connectivity index (χ3n) is 2.25. The molecule has 1 heterocycles. The summed E-state index contributed by atoms with van der Waals surface area (Å²) in [5.74, 6) is 0.509. The van der Waals surface area contributed by atoms with Gasteiger partial charge in [0.2, 0.25) is 0 Å². The van der Waals surface area contributed by atoms with Crippen LogP contribution in [0, 0.1) is 10.1 Å². The Bertz CT molecular complexity index is 397. The molecule has 3 N–H and O–H groups in total. The van der Waals surface area contributed by atoms with E-state index in [1.807, 2.05) is 6.92 Å². The summed E-state index contributed by atoms with van der Waals surface area (Å²) in [4.78, 5) is 14.1. The first kappa shape index (κ1) is 13.2. The van der Waals surface area contributed by atoms with E-state index in [4.69, 9.17) is 10.5 Å². The SMILES string of the molecule is CCC(COC)Nc1cc([N+](=O)[O-])cc(N)n1. The van der Waals surface area contributed by atoms with Gasteiger partial charge in [-0.15, -0.1) is 0 Å². The van der Waals surface area contributed by atoms with Gasteiger partial charge in [0.25, 0.3) is 5.69 Å². The number of hydrogen-bond acceptors (Lipinski definition) is 6. The molecule has 1 atom stereocenters. The summed E-state index contributed by atoms with van der Waals surface area (Å²) in [6.45, 7) is 2.48. The van der Waals surface area contributed by atoms with Crippen molar-refractivity contribution in [1.29, 1.82) is 0 Å². The van der Waals surface area contributed by atoms with E-state index in [9.17, 15) is 10.1 Å². The zero-order valence-electron chi connectivity index (χ0n) is 9.84. The van der Waals surface area contributed by atoms with Gasteiger partial charge in [-0.2, -0.15) is 0 Å². The number of aromatic nitrogens is 1. The fraction of sp³-hybridized carbons (Fsp3) is 0.500. The Morgan fingerprint density at radius 2 is 2.35 bits per heavy atom. The normalized spacial score (nSPS) is 12.1. The molecule has 0 radical (unpaired) electrons. The number of pyridine rings is 1. The molecule has 0 aromatic carbocycles. The summed E-state index contributed by atoms with van der Waals surface area (Å²) >= 11 is 0. The van der Waals surface area contributed by atoms with E-state index in [2.05, 4.69) is 10.3 Å². The predicted molar refractivity (Wildman–Crippen MR) is 64.9 cm³/mol. The molecule has 0 bridgehead atoms. The zero-order chi connectivity index (χ0) is 12.8. The van der Waals surface area contributed by atoms with Crippen LogP contribution in [-0.2, 0) is 4.74 Å². The van der Waals surface area contributed by atoms with Gasteiger partial charge in [-0.1, -0.05) is 6.92 Å². The van der Waals surface area contributed by atoms with Crippen LogP contribution in [0.3, 0.4) is 0 Å². The van der Waals surface area contributed by atoms with E-state index in [0.29, 0.717) is 12.4 Å². The van der Waals surface area contributed by atoms with Crippen molar-refractivity contribution in [3.63, 3.8) is 0 Å². The number of nitro groups is 1. The maximum absolute atomic E-state index is 10.7. The van der Waals surface area contributed by atoms with Crippen molar-refractivity contribution in [2.45, 2.75) is 19.4 Å². The van der Waals surface area contributed by atoms with Gasteiger partial charge in [-0.05, 0) is 6.42 Å². The molecule has 0 aliphatic rings. The number of nitrogen functional groups attached to an aromatic ring is 1. The van der Waals surface area contributed by atoms with Gasteiger partial charge in [-0.25, -0.2) is 4.98 Å². The second-order valence-electron chi connectivity index (χ2n) is 3.60. The number of ether oxygens (including phenoxy) is 1. The van der Waals surface area contributed by atoms with Gasteiger partial charge in [0.1, 0.15) is 11.6 Å². The summed E-state index contributed by atoms with van der Waals surface area (Å²) in [5, 5.41) is 13.7. The Hall–Kier alpha value is -1.89. The van der Waals surface area contributed by atoms with Crippen LogP contribution in [-0.4, -0.2) is 29.7 Å². The molecule has 0 saturated heterocycles. The molecule has 1 unspecified atom stereocenters. The lowest BCUT2D eigenvalue weighted by Gasteiger charge is -2.16. The Balaban J connectivity index is 2.86. The minimum atomic E-state index is -0.500. The molecule has 1 aromatic rings. The smallest absolute Gasteiger partial charge is 0.276 e. The Kier molecular flexibility index (Phi) is 4.65. The third-order valence-corrected chi connectivity index (χ3v) is 2.25. The first-order valence-corrected chi connectivity index (χ1v) is 5.24. The van der Waals surface area contributed by atoms with E-state index in [1.165, 1.54) is 12.1 Å². The monoisotopic (exact) mass is 240 g/mol. The maximum Gasteiger partial charge on any atom is 0.276 e. The van der Waals surface area contributed by atoms with Crippen molar-refractivity contribution in [2.75, 3.05) is 24.8 Å². The highest BCUT2D eigenvalue weighted by atomic mass is 16.6. The van der Waals surface area contributed by atoms with E-state index in [0.717, 1.165) is 6.42 Å². The molecule has 0 amide bonds. The van der Waals surface area contributed by atoms with Gasteiger partial charge >= 0.3 is 0 Å². The van der Waals surface area contributed by atoms with Crippen LogP contribution in [0.25, 0.3) is 0 Å². The quantitative estimate of drug-likeness (QED) is 0.575. The van der Waals surface area contributed by atoms with E-state index < -0.39 is 4.92 Å². The Morgan fingerprint density at radius 3 is 2.88 bits per heavy atom. The van der Waals surface area contributed by atoms with Gasteiger partial charge in [0.05, 0.1) is 29.7 Å². The van der Waals surface area contributed by atoms with Crippen LogP contribution in [0.15, 0.2) is 12.1 Å². The van der Waals surface area contributed by atoms with Crippen LogP contribution in [0.2, 0.25) is 0 Å². The lowest BCUT2D eigenvalue weighted by Crippen LogP contribution is -2.24. The van der Waals surface area contributed by atoms with Crippen molar-refractivity contribution >= 4 is 17.3 Å². The second-order valence-corrected chi connectivity index (χ2v) is 3.60. The average Bonchev–Trinajstić information content (AvgIpc) is 2.27. The van der Waals surface area contributed by atoms with Crippen molar-refractivity contribution in [3.05, 3.63) is 22.2 Å². The standard InChI is InChI=1S/C10H16N4O3/c1-3-7(6-17-2)12-10-5-8(14(15)16)4-9(11)13-10/h4-5,7H,3,6H2,1-2H3,(H3,11,12,13). The summed E-state index contributed by atoms with van der Waals surface area (Å²) in [6.07, 6.45) is 0.818. The Morgan fingerprint density at radius 1 is 1.65 bits per heavy atom. The molecule has 7 nitrogen and oxygen atoms in total. The molecule has 0 fully saturated rings. The van der Waals surface area contributed by atoms with E-state index in [1.54, 1.807) is 7.11 Å². The average molecular weight is 240 g/mol. The Labute approximate surface area is 99.1 Å². The lowest BCUT2D eigenvalue weighted by atomic mass is 10.2. The fourth-order valence-electron chi connectivity index (χ4n) is 1.39. The molecule has 0 aliphatic heterocycles. The molecule has 1 aromatic heterocycles. The molecule has 7 heteroatoms. The molecular weight excluding hydrogens is 224 g/mol. The minimum absolute atomic E-state index is 0.0499. The molecule has 0 saturated carbocycles. The molecule has 0 spiro atoms. The third kappa shape index (κ3) is 3.87. The van der Waals surface area contributed by atoms with Crippen LogP contribution in [0.1, 0.15) is 13.3 Å². The largest absolute Gasteiger partial charge is 0.383 e.